The van der Waals surface area contributed by atoms with Gasteiger partial charge in [0.05, 0.1) is 23.1 Å². The van der Waals surface area contributed by atoms with Crippen molar-refractivity contribution in [2.45, 2.75) is 57.2 Å². The van der Waals surface area contributed by atoms with Crippen LogP contribution in [0.4, 0.5) is 0 Å². The third kappa shape index (κ3) is 3.28. The molecule has 0 amide bonds. The molecule has 3 aromatic rings. The number of phenols is 1. The van der Waals surface area contributed by atoms with E-state index in [2.05, 4.69) is 39.3 Å². The average Bonchev–Trinajstić information content (AvgIpc) is 3.35. The Balaban J connectivity index is 1.33. The molecule has 0 saturated carbocycles. The van der Waals surface area contributed by atoms with E-state index >= 15 is 0 Å². The Morgan fingerprint density at radius 1 is 1.31 bits per heavy atom. The molecule has 152 valence electrons. The summed E-state index contributed by atoms with van der Waals surface area (Å²) in [5, 5.41) is 28.6. The van der Waals surface area contributed by atoms with Crippen LogP contribution in [0.15, 0.2) is 24.4 Å². The van der Waals surface area contributed by atoms with Gasteiger partial charge in [-0.1, -0.05) is 16.4 Å². The lowest BCUT2D eigenvalue weighted by Crippen LogP contribution is -2.51. The number of phenolic OH excluding ortho intramolecular Hbond substituents is 1. The van der Waals surface area contributed by atoms with Crippen LogP contribution in [0.2, 0.25) is 0 Å². The second kappa shape index (κ2) is 6.77. The zero-order valence-corrected chi connectivity index (χ0v) is 17.6. The van der Waals surface area contributed by atoms with Crippen LogP contribution in [0, 0.1) is 6.92 Å². The maximum Gasteiger partial charge on any atom is 0.294 e. The van der Waals surface area contributed by atoms with Crippen molar-refractivity contribution in [2.75, 3.05) is 7.05 Å². The normalized spacial score (nSPS) is 26.7. The van der Waals surface area contributed by atoms with Crippen LogP contribution in [0.25, 0.3) is 16.3 Å². The molecule has 9 heteroatoms. The van der Waals surface area contributed by atoms with Gasteiger partial charge in [0.25, 0.3) is 5.19 Å². The number of fused-ring (bicyclic) bond motifs is 2. The molecule has 0 aliphatic carbocycles. The number of aryl methyl sites for hydroxylation is 1. The fourth-order valence-corrected chi connectivity index (χ4v) is 5.37. The van der Waals surface area contributed by atoms with Gasteiger partial charge in [-0.05, 0) is 52.3 Å². The van der Waals surface area contributed by atoms with Crippen molar-refractivity contribution < 1.29 is 9.84 Å². The third-order valence-corrected chi connectivity index (χ3v) is 7.19. The van der Waals surface area contributed by atoms with Crippen molar-refractivity contribution in [1.29, 1.82) is 0 Å². The fraction of sp³-hybridized carbons (Fsp3) is 0.500. The van der Waals surface area contributed by atoms with Crippen molar-refractivity contribution >= 4 is 11.3 Å². The first kappa shape index (κ1) is 18.5. The van der Waals surface area contributed by atoms with Crippen LogP contribution >= 0.6 is 11.3 Å². The van der Waals surface area contributed by atoms with Crippen molar-refractivity contribution in [3.8, 4) is 27.2 Å². The highest BCUT2D eigenvalue weighted by Crippen LogP contribution is 2.44. The largest absolute Gasteiger partial charge is 0.507 e. The van der Waals surface area contributed by atoms with E-state index in [0.717, 1.165) is 18.5 Å². The lowest BCUT2D eigenvalue weighted by atomic mass is 9.89. The number of aromatic nitrogens is 5. The van der Waals surface area contributed by atoms with Crippen LogP contribution in [0.5, 0.6) is 10.9 Å². The predicted octanol–water partition coefficient (Wildman–Crippen LogP) is 3.19. The fourth-order valence-electron chi connectivity index (χ4n) is 4.58. The Kier molecular flexibility index (Phi) is 4.32. The van der Waals surface area contributed by atoms with Crippen LogP contribution in [-0.4, -0.2) is 59.9 Å². The van der Waals surface area contributed by atoms with E-state index < -0.39 is 0 Å². The molecule has 29 heavy (non-hydrogen) atoms. The number of nitrogens with zero attached hydrogens (tertiary/aromatic N) is 6. The molecule has 2 bridgehead atoms. The van der Waals surface area contributed by atoms with E-state index in [9.17, 15) is 5.11 Å². The van der Waals surface area contributed by atoms with Gasteiger partial charge in [0.2, 0.25) is 0 Å². The van der Waals surface area contributed by atoms with Crippen molar-refractivity contribution in [3.05, 3.63) is 30.1 Å². The molecular formula is C20H24N6O2S. The number of ether oxygens (including phenoxy) is 1. The van der Waals surface area contributed by atoms with Crippen LogP contribution in [0.1, 0.15) is 38.3 Å². The average molecular weight is 413 g/mol. The van der Waals surface area contributed by atoms with Gasteiger partial charge < -0.3 is 9.84 Å². The van der Waals surface area contributed by atoms with E-state index in [1.165, 1.54) is 29.0 Å². The minimum absolute atomic E-state index is 0.116. The van der Waals surface area contributed by atoms with Gasteiger partial charge in [-0.15, -0.1) is 5.10 Å². The maximum absolute atomic E-state index is 10.5. The van der Waals surface area contributed by atoms with E-state index in [-0.39, 0.29) is 17.4 Å². The summed E-state index contributed by atoms with van der Waals surface area (Å²) >= 11 is 1.37. The summed E-state index contributed by atoms with van der Waals surface area (Å²) in [6, 6.07) is 5.88. The quantitative estimate of drug-likeness (QED) is 0.704. The van der Waals surface area contributed by atoms with Gasteiger partial charge in [-0.25, -0.2) is 0 Å². The number of hydrogen-bond donors (Lipinski definition) is 1. The van der Waals surface area contributed by atoms with Crippen LogP contribution < -0.4 is 4.74 Å². The Hall–Kier alpha value is -2.52. The summed E-state index contributed by atoms with van der Waals surface area (Å²) in [7, 11) is 2.23. The number of rotatable bonds is 4. The van der Waals surface area contributed by atoms with Gasteiger partial charge in [0, 0.05) is 24.1 Å². The highest BCUT2D eigenvalue weighted by Gasteiger charge is 2.47. The molecule has 1 aromatic carbocycles. The minimum atomic E-state index is 0.116. The summed E-state index contributed by atoms with van der Waals surface area (Å²) in [5.41, 5.74) is 2.35. The van der Waals surface area contributed by atoms with Gasteiger partial charge in [-0.2, -0.15) is 15.0 Å². The smallest absolute Gasteiger partial charge is 0.294 e. The first-order chi connectivity index (χ1) is 13.9. The summed E-state index contributed by atoms with van der Waals surface area (Å²) in [6.07, 6.45) is 6.33. The van der Waals surface area contributed by atoms with E-state index in [4.69, 9.17) is 4.74 Å². The van der Waals surface area contributed by atoms with Gasteiger partial charge in [0.15, 0.2) is 5.01 Å². The third-order valence-electron chi connectivity index (χ3n) is 6.34. The summed E-state index contributed by atoms with van der Waals surface area (Å²) < 4.78 is 6.20. The summed E-state index contributed by atoms with van der Waals surface area (Å²) in [6.45, 7) is 4.19. The molecule has 0 spiro atoms. The van der Waals surface area contributed by atoms with E-state index in [0.29, 0.717) is 27.5 Å². The van der Waals surface area contributed by atoms with E-state index in [1.807, 2.05) is 19.1 Å². The summed E-state index contributed by atoms with van der Waals surface area (Å²) in [4.78, 5) is 4.00. The lowest BCUT2D eigenvalue weighted by Gasteiger charge is -2.43. The molecule has 2 aromatic heterocycles. The Morgan fingerprint density at radius 2 is 2.17 bits per heavy atom. The molecule has 5 rings (SSSR count). The summed E-state index contributed by atoms with van der Waals surface area (Å²) in [5.74, 6) is 0.116. The Bertz CT molecular complexity index is 1050. The topological polar surface area (TPSA) is 89.2 Å². The number of piperidine rings is 1. The molecule has 1 N–H and O–H groups in total. The maximum atomic E-state index is 10.5. The van der Waals surface area contributed by atoms with Crippen LogP contribution in [-0.2, 0) is 0 Å². The molecule has 1 unspecified atom stereocenters. The number of aromatic hydroxyl groups is 1. The minimum Gasteiger partial charge on any atom is -0.507 e. The monoisotopic (exact) mass is 412 g/mol. The Morgan fingerprint density at radius 3 is 2.90 bits per heavy atom. The number of hydrogen-bond acceptors (Lipinski definition) is 8. The molecule has 2 fully saturated rings. The number of benzene rings is 1. The zero-order chi connectivity index (χ0) is 20.2. The first-order valence-electron chi connectivity index (χ1n) is 9.87. The standard InChI is InChI=1S/C20H24N6O2S/c1-12-11-21-26(24-12)14-4-5-16(17(27)9-14)18-22-23-19(29-18)28-15-8-13-6-7-20(2,10-15)25(13)3/h4-5,9,11,13,15,27H,6-8,10H2,1-3H3/t13?,15-,20+/m1/s1. The van der Waals surface area contributed by atoms with Gasteiger partial charge in [0.1, 0.15) is 11.9 Å². The highest BCUT2D eigenvalue weighted by atomic mass is 32.1. The molecular weight excluding hydrogens is 388 g/mol. The predicted molar refractivity (Wildman–Crippen MR) is 110 cm³/mol. The Labute approximate surface area is 173 Å². The first-order valence-corrected chi connectivity index (χ1v) is 10.7. The molecule has 8 nitrogen and oxygen atoms in total. The van der Waals surface area contributed by atoms with Crippen molar-refractivity contribution in [2.24, 2.45) is 0 Å². The highest BCUT2D eigenvalue weighted by molar-refractivity contribution is 7.16. The molecule has 4 heterocycles. The van der Waals surface area contributed by atoms with E-state index in [1.54, 1.807) is 12.3 Å². The zero-order valence-electron chi connectivity index (χ0n) is 16.7. The van der Waals surface area contributed by atoms with Crippen LogP contribution in [0.3, 0.4) is 0 Å². The second-order valence-electron chi connectivity index (χ2n) is 8.33. The van der Waals surface area contributed by atoms with Gasteiger partial charge >= 0.3 is 0 Å². The molecule has 2 aliphatic rings. The lowest BCUT2D eigenvalue weighted by molar-refractivity contribution is 0.0176. The molecule has 2 saturated heterocycles. The van der Waals surface area contributed by atoms with Crippen molar-refractivity contribution in [3.63, 3.8) is 0 Å². The second-order valence-corrected chi connectivity index (χ2v) is 9.27. The molecule has 2 aliphatic heterocycles. The van der Waals surface area contributed by atoms with Gasteiger partial charge in [-0.3, -0.25) is 4.90 Å². The molecule has 0 radical (unpaired) electrons. The SMILES string of the molecule is Cc1cnn(-c2ccc(-c3nnc(O[C@@H]4CC5CC[C@@](C)(C4)N5C)s3)c(O)c2)n1. The molecule has 3 atom stereocenters. The van der Waals surface area contributed by atoms with Crippen molar-refractivity contribution in [1.82, 2.24) is 30.1 Å².